The van der Waals surface area contributed by atoms with Crippen LogP contribution in [0.2, 0.25) is 0 Å². The molecule has 0 aliphatic carbocycles. The molecule has 1 aliphatic rings. The van der Waals surface area contributed by atoms with Crippen LogP contribution in [0.3, 0.4) is 0 Å². The van der Waals surface area contributed by atoms with Crippen molar-refractivity contribution in [1.29, 1.82) is 0 Å². The molecule has 0 aromatic carbocycles. The van der Waals surface area contributed by atoms with Gasteiger partial charge in [0, 0.05) is 51.5 Å². The highest BCUT2D eigenvalue weighted by atomic mass is 35.5. The molecular weight excluding hydrogens is 272 g/mol. The fraction of sp³-hybridized carbons (Fsp3) is 0.667. The van der Waals surface area contributed by atoms with Crippen LogP contribution in [0, 0.1) is 0 Å². The molecule has 1 aliphatic heterocycles. The average molecular weight is 299 g/mol. The number of pyridine rings is 1. The predicted octanol–water partition coefficient (Wildman–Crippen LogP) is 2.14. The molecule has 2 rings (SSSR count). The van der Waals surface area contributed by atoms with E-state index in [1.165, 1.54) is 5.56 Å². The molecule has 1 aromatic heterocycles. The van der Waals surface area contributed by atoms with E-state index in [4.69, 9.17) is 0 Å². The van der Waals surface area contributed by atoms with Crippen LogP contribution < -0.4 is 10.2 Å². The van der Waals surface area contributed by atoms with Crippen LogP contribution in [0.1, 0.15) is 26.3 Å². The van der Waals surface area contributed by atoms with Gasteiger partial charge >= 0.3 is 0 Å². The first-order valence-electron chi connectivity index (χ1n) is 7.19. The monoisotopic (exact) mass is 298 g/mol. The van der Waals surface area contributed by atoms with E-state index in [2.05, 4.69) is 60.1 Å². The number of aromatic nitrogens is 1. The van der Waals surface area contributed by atoms with E-state index in [-0.39, 0.29) is 12.4 Å². The number of hydrogen-bond acceptors (Lipinski definition) is 4. The Bertz CT molecular complexity index is 393. The minimum absolute atomic E-state index is 0. The molecule has 1 aromatic rings. The van der Waals surface area contributed by atoms with E-state index in [1.807, 2.05) is 6.20 Å². The van der Waals surface area contributed by atoms with Gasteiger partial charge in [0.2, 0.25) is 0 Å². The third kappa shape index (κ3) is 4.62. The van der Waals surface area contributed by atoms with Crippen molar-refractivity contribution in [2.24, 2.45) is 0 Å². The second kappa shape index (κ2) is 7.81. The van der Waals surface area contributed by atoms with Gasteiger partial charge in [-0.15, -0.1) is 12.4 Å². The molecular formula is C15H27ClN4. The first kappa shape index (κ1) is 17.2. The van der Waals surface area contributed by atoms with E-state index in [9.17, 15) is 0 Å². The van der Waals surface area contributed by atoms with Gasteiger partial charge in [-0.1, -0.05) is 6.07 Å². The number of nitrogens with one attached hydrogen (secondary N) is 1. The highest BCUT2D eigenvalue weighted by Gasteiger charge is 2.15. The molecule has 1 saturated heterocycles. The van der Waals surface area contributed by atoms with Crippen LogP contribution in [-0.2, 0) is 6.54 Å². The van der Waals surface area contributed by atoms with Gasteiger partial charge in [-0.3, -0.25) is 4.90 Å². The lowest BCUT2D eigenvalue weighted by Crippen LogP contribution is -2.48. The smallest absolute Gasteiger partial charge is 0.128 e. The summed E-state index contributed by atoms with van der Waals surface area (Å²) >= 11 is 0. The summed E-state index contributed by atoms with van der Waals surface area (Å²) in [6.45, 7) is 10.9. The third-order valence-electron chi connectivity index (χ3n) is 3.80. The maximum Gasteiger partial charge on any atom is 0.128 e. The number of hydrogen-bond donors (Lipinski definition) is 1. The Morgan fingerprint density at radius 1 is 1.45 bits per heavy atom. The van der Waals surface area contributed by atoms with Crippen LogP contribution in [0.4, 0.5) is 5.82 Å². The maximum absolute atomic E-state index is 4.57. The lowest BCUT2D eigenvalue weighted by Gasteiger charge is -2.31. The Morgan fingerprint density at radius 2 is 2.20 bits per heavy atom. The Kier molecular flexibility index (Phi) is 6.72. The van der Waals surface area contributed by atoms with E-state index in [1.54, 1.807) is 0 Å². The highest BCUT2D eigenvalue weighted by molar-refractivity contribution is 5.85. The zero-order valence-corrected chi connectivity index (χ0v) is 13.8. The van der Waals surface area contributed by atoms with Gasteiger partial charge in [0.1, 0.15) is 5.82 Å². The molecule has 0 unspecified atom stereocenters. The Labute approximate surface area is 129 Å². The summed E-state index contributed by atoms with van der Waals surface area (Å²) in [6.07, 6.45) is 2.01. The van der Waals surface area contributed by atoms with Crippen molar-refractivity contribution < 1.29 is 0 Å². The van der Waals surface area contributed by atoms with Crippen molar-refractivity contribution in [2.75, 3.05) is 31.6 Å². The molecule has 0 radical (unpaired) electrons. The van der Waals surface area contributed by atoms with Crippen LogP contribution >= 0.6 is 12.4 Å². The molecule has 0 bridgehead atoms. The molecule has 20 heavy (non-hydrogen) atoms. The number of nitrogens with zero attached hydrogens (tertiary/aromatic N) is 3. The molecule has 0 spiro atoms. The zero-order chi connectivity index (χ0) is 13.8. The molecule has 5 heteroatoms. The fourth-order valence-corrected chi connectivity index (χ4v) is 2.40. The Hall–Kier alpha value is -0.840. The van der Waals surface area contributed by atoms with Gasteiger partial charge in [0.15, 0.2) is 0 Å². The lowest BCUT2D eigenvalue weighted by molar-refractivity contribution is 0.199. The second-order valence-corrected chi connectivity index (χ2v) is 5.82. The van der Waals surface area contributed by atoms with Gasteiger partial charge in [0.25, 0.3) is 0 Å². The SMILES string of the molecule is CC(C)N(C)c1ccc(CN2CCN[C@H](C)C2)cn1.Cl. The maximum atomic E-state index is 4.57. The highest BCUT2D eigenvalue weighted by Crippen LogP contribution is 2.14. The summed E-state index contributed by atoms with van der Waals surface area (Å²) in [5.74, 6) is 1.05. The molecule has 0 saturated carbocycles. The number of halogens is 1. The van der Waals surface area contributed by atoms with Crippen LogP contribution in [-0.4, -0.2) is 48.6 Å². The van der Waals surface area contributed by atoms with E-state index < -0.39 is 0 Å². The summed E-state index contributed by atoms with van der Waals surface area (Å²) in [4.78, 5) is 9.25. The minimum Gasteiger partial charge on any atom is -0.357 e. The van der Waals surface area contributed by atoms with Crippen molar-refractivity contribution in [2.45, 2.75) is 39.4 Å². The average Bonchev–Trinajstić information content (AvgIpc) is 2.39. The normalized spacial score (nSPS) is 19.8. The van der Waals surface area contributed by atoms with Gasteiger partial charge < -0.3 is 10.2 Å². The molecule has 4 nitrogen and oxygen atoms in total. The first-order valence-corrected chi connectivity index (χ1v) is 7.19. The van der Waals surface area contributed by atoms with E-state index in [0.29, 0.717) is 12.1 Å². The van der Waals surface area contributed by atoms with Gasteiger partial charge in [-0.05, 0) is 32.4 Å². The van der Waals surface area contributed by atoms with Crippen molar-refractivity contribution in [1.82, 2.24) is 15.2 Å². The number of piperazine rings is 1. The van der Waals surface area contributed by atoms with E-state index >= 15 is 0 Å². The largest absolute Gasteiger partial charge is 0.357 e. The van der Waals surface area contributed by atoms with Crippen LogP contribution in [0.25, 0.3) is 0 Å². The summed E-state index contributed by atoms with van der Waals surface area (Å²) in [6, 6.07) is 5.40. The summed E-state index contributed by atoms with van der Waals surface area (Å²) in [5, 5.41) is 3.47. The van der Waals surface area contributed by atoms with Crippen LogP contribution in [0.5, 0.6) is 0 Å². The zero-order valence-electron chi connectivity index (χ0n) is 13.0. The second-order valence-electron chi connectivity index (χ2n) is 5.82. The molecule has 1 N–H and O–H groups in total. The molecule has 1 atom stereocenters. The molecule has 0 amide bonds. The molecule has 2 heterocycles. The standard InChI is InChI=1S/C15H26N4.ClH/c1-12(2)18(4)15-6-5-14(9-17-15)11-19-8-7-16-13(3)10-19;/h5-6,9,12-13,16H,7-8,10-11H2,1-4H3;1H/t13-;/m1./s1. The Morgan fingerprint density at radius 3 is 2.75 bits per heavy atom. The topological polar surface area (TPSA) is 31.4 Å². The summed E-state index contributed by atoms with van der Waals surface area (Å²) < 4.78 is 0. The molecule has 114 valence electrons. The van der Waals surface area contributed by atoms with Crippen molar-refractivity contribution in [3.8, 4) is 0 Å². The number of anilines is 1. The van der Waals surface area contributed by atoms with Crippen molar-refractivity contribution in [3.05, 3.63) is 23.9 Å². The van der Waals surface area contributed by atoms with Gasteiger partial charge in [-0.2, -0.15) is 0 Å². The lowest BCUT2D eigenvalue weighted by atomic mass is 10.2. The fourth-order valence-electron chi connectivity index (χ4n) is 2.40. The third-order valence-corrected chi connectivity index (χ3v) is 3.80. The van der Waals surface area contributed by atoms with Crippen LogP contribution in [0.15, 0.2) is 18.3 Å². The quantitative estimate of drug-likeness (QED) is 0.923. The van der Waals surface area contributed by atoms with Gasteiger partial charge in [-0.25, -0.2) is 4.98 Å². The van der Waals surface area contributed by atoms with Gasteiger partial charge in [0.05, 0.1) is 0 Å². The van der Waals surface area contributed by atoms with Crippen molar-refractivity contribution >= 4 is 18.2 Å². The first-order chi connectivity index (χ1) is 9.06. The predicted molar refractivity (Wildman–Crippen MR) is 87.8 cm³/mol. The summed E-state index contributed by atoms with van der Waals surface area (Å²) in [5.41, 5.74) is 1.30. The summed E-state index contributed by atoms with van der Waals surface area (Å²) in [7, 11) is 2.09. The minimum atomic E-state index is 0. The van der Waals surface area contributed by atoms with E-state index in [0.717, 1.165) is 32.0 Å². The Balaban J connectivity index is 0.00000200. The van der Waals surface area contributed by atoms with Crippen molar-refractivity contribution in [3.63, 3.8) is 0 Å². The number of rotatable bonds is 4. The molecule has 1 fully saturated rings.